The summed E-state index contributed by atoms with van der Waals surface area (Å²) in [6.45, 7) is 2.73. The van der Waals surface area contributed by atoms with E-state index in [2.05, 4.69) is 0 Å². The Kier molecular flexibility index (Phi) is 4.82. The Balaban J connectivity index is 1.92. The monoisotopic (exact) mass is 285 g/mol. The van der Waals surface area contributed by atoms with Gasteiger partial charge >= 0.3 is 0 Å². The molecule has 2 rings (SSSR count). The smallest absolute Gasteiger partial charge is 0.257 e. The third-order valence-corrected chi connectivity index (χ3v) is 3.17. The minimum Gasteiger partial charge on any atom is -0.507 e. The lowest BCUT2D eigenvalue weighted by molar-refractivity contribution is 0.0770. The summed E-state index contributed by atoms with van der Waals surface area (Å²) in [5.74, 6) is 0.561. The van der Waals surface area contributed by atoms with Gasteiger partial charge in [0.1, 0.15) is 18.1 Å². The van der Waals surface area contributed by atoms with Crippen molar-refractivity contribution in [2.45, 2.75) is 6.92 Å². The van der Waals surface area contributed by atoms with Crippen LogP contribution in [0, 0.1) is 6.92 Å². The fraction of sp³-hybridized carbons (Fsp3) is 0.235. The van der Waals surface area contributed by atoms with Gasteiger partial charge in [-0.2, -0.15) is 0 Å². The Bertz CT molecular complexity index is 611. The highest BCUT2D eigenvalue weighted by molar-refractivity contribution is 5.96. The van der Waals surface area contributed by atoms with E-state index in [1.54, 1.807) is 19.2 Å². The molecule has 4 heteroatoms. The van der Waals surface area contributed by atoms with Crippen molar-refractivity contribution in [1.29, 1.82) is 0 Å². The molecule has 4 nitrogen and oxygen atoms in total. The molecule has 1 N–H and O–H groups in total. The van der Waals surface area contributed by atoms with E-state index < -0.39 is 0 Å². The molecule has 110 valence electrons. The Labute approximate surface area is 124 Å². The zero-order valence-corrected chi connectivity index (χ0v) is 12.2. The van der Waals surface area contributed by atoms with Crippen molar-refractivity contribution >= 4 is 5.91 Å². The number of para-hydroxylation sites is 1. The van der Waals surface area contributed by atoms with Gasteiger partial charge in [0, 0.05) is 7.05 Å². The van der Waals surface area contributed by atoms with E-state index in [-0.39, 0.29) is 11.7 Å². The first-order chi connectivity index (χ1) is 10.1. The van der Waals surface area contributed by atoms with Crippen molar-refractivity contribution in [2.75, 3.05) is 20.2 Å². The van der Waals surface area contributed by atoms with Crippen molar-refractivity contribution in [1.82, 2.24) is 4.90 Å². The Hall–Kier alpha value is -2.49. The van der Waals surface area contributed by atoms with Crippen LogP contribution in [0.25, 0.3) is 0 Å². The third-order valence-electron chi connectivity index (χ3n) is 3.17. The number of carbonyl (C=O) groups is 1. The number of rotatable bonds is 5. The number of nitrogens with zero attached hydrogens (tertiary/aromatic N) is 1. The summed E-state index contributed by atoms with van der Waals surface area (Å²) in [6.07, 6.45) is 0. The van der Waals surface area contributed by atoms with E-state index >= 15 is 0 Å². The van der Waals surface area contributed by atoms with Crippen LogP contribution in [0.1, 0.15) is 15.9 Å². The molecule has 0 heterocycles. The molecule has 0 fully saturated rings. The number of hydrogen-bond donors (Lipinski definition) is 1. The first-order valence-corrected chi connectivity index (χ1v) is 6.81. The fourth-order valence-corrected chi connectivity index (χ4v) is 1.95. The molecule has 0 aliphatic rings. The van der Waals surface area contributed by atoms with Gasteiger partial charge in [-0.3, -0.25) is 4.79 Å². The number of amides is 1. The van der Waals surface area contributed by atoms with Crippen LogP contribution in [0.15, 0.2) is 48.5 Å². The number of likely N-dealkylation sites (N-methyl/N-ethyl adjacent to an activating group) is 1. The molecule has 0 saturated heterocycles. The summed E-state index contributed by atoms with van der Waals surface area (Å²) in [4.78, 5) is 13.8. The number of benzene rings is 2. The average molecular weight is 285 g/mol. The number of ether oxygens (including phenoxy) is 1. The van der Waals surface area contributed by atoms with Gasteiger partial charge in [-0.25, -0.2) is 0 Å². The molecule has 0 unspecified atom stereocenters. The summed E-state index contributed by atoms with van der Waals surface area (Å²) in [5, 5.41) is 9.78. The lowest BCUT2D eigenvalue weighted by Crippen LogP contribution is -2.31. The summed E-state index contributed by atoms with van der Waals surface area (Å²) in [5.41, 5.74) is 1.25. The number of phenols is 1. The van der Waals surface area contributed by atoms with Gasteiger partial charge in [-0.15, -0.1) is 0 Å². The van der Waals surface area contributed by atoms with E-state index in [0.29, 0.717) is 18.7 Å². The van der Waals surface area contributed by atoms with Crippen molar-refractivity contribution in [2.24, 2.45) is 0 Å². The second kappa shape index (κ2) is 6.79. The standard InChI is InChI=1S/C17H19NO3/c1-13-8-9-16(19)15(12-13)17(20)18(2)10-11-21-14-6-4-3-5-7-14/h3-9,12,19H,10-11H2,1-2H3. The first-order valence-electron chi connectivity index (χ1n) is 6.81. The molecule has 0 saturated carbocycles. The third kappa shape index (κ3) is 3.99. The van der Waals surface area contributed by atoms with E-state index in [1.165, 1.54) is 11.0 Å². The van der Waals surface area contributed by atoms with Crippen LogP contribution < -0.4 is 4.74 Å². The Morgan fingerprint density at radius 3 is 2.62 bits per heavy atom. The zero-order chi connectivity index (χ0) is 15.2. The quantitative estimate of drug-likeness (QED) is 0.919. The minimum absolute atomic E-state index is 0.00132. The van der Waals surface area contributed by atoms with Crippen molar-refractivity contribution in [3.63, 3.8) is 0 Å². The highest BCUT2D eigenvalue weighted by atomic mass is 16.5. The van der Waals surface area contributed by atoms with E-state index in [0.717, 1.165) is 11.3 Å². The first kappa shape index (κ1) is 14.9. The topological polar surface area (TPSA) is 49.8 Å². The second-order valence-corrected chi connectivity index (χ2v) is 4.91. The molecule has 2 aromatic rings. The van der Waals surface area contributed by atoms with E-state index in [1.807, 2.05) is 37.3 Å². The van der Waals surface area contributed by atoms with Crippen molar-refractivity contribution in [3.8, 4) is 11.5 Å². The maximum absolute atomic E-state index is 12.3. The lowest BCUT2D eigenvalue weighted by Gasteiger charge is -2.18. The average Bonchev–Trinajstić information content (AvgIpc) is 2.50. The van der Waals surface area contributed by atoms with Gasteiger partial charge in [0.2, 0.25) is 0 Å². The number of hydrogen-bond acceptors (Lipinski definition) is 3. The molecule has 2 aromatic carbocycles. The molecule has 0 aliphatic carbocycles. The lowest BCUT2D eigenvalue weighted by atomic mass is 10.1. The van der Waals surface area contributed by atoms with Gasteiger partial charge in [0.25, 0.3) is 5.91 Å². The Morgan fingerprint density at radius 2 is 1.90 bits per heavy atom. The van der Waals surface area contributed by atoms with Crippen LogP contribution in [0.5, 0.6) is 11.5 Å². The zero-order valence-electron chi connectivity index (χ0n) is 12.2. The van der Waals surface area contributed by atoms with Gasteiger partial charge in [0.15, 0.2) is 0 Å². The molecular weight excluding hydrogens is 266 g/mol. The fourth-order valence-electron chi connectivity index (χ4n) is 1.95. The SMILES string of the molecule is Cc1ccc(O)c(C(=O)N(C)CCOc2ccccc2)c1. The summed E-state index contributed by atoms with van der Waals surface area (Å²) in [6, 6.07) is 14.4. The Morgan fingerprint density at radius 1 is 1.19 bits per heavy atom. The molecule has 21 heavy (non-hydrogen) atoms. The number of aryl methyl sites for hydroxylation is 1. The van der Waals surface area contributed by atoms with E-state index in [4.69, 9.17) is 4.74 Å². The second-order valence-electron chi connectivity index (χ2n) is 4.91. The molecule has 0 spiro atoms. The maximum atomic E-state index is 12.3. The van der Waals surface area contributed by atoms with Crippen LogP contribution >= 0.6 is 0 Å². The molecule has 0 atom stereocenters. The predicted octanol–water partition coefficient (Wildman–Crippen LogP) is 2.85. The number of carbonyl (C=O) groups excluding carboxylic acids is 1. The van der Waals surface area contributed by atoms with E-state index in [9.17, 15) is 9.90 Å². The van der Waals surface area contributed by atoms with Crippen LogP contribution in [0.2, 0.25) is 0 Å². The van der Waals surface area contributed by atoms with Crippen LogP contribution in [-0.4, -0.2) is 36.1 Å². The van der Waals surface area contributed by atoms with Crippen LogP contribution in [0.3, 0.4) is 0 Å². The van der Waals surface area contributed by atoms with Crippen LogP contribution in [0.4, 0.5) is 0 Å². The number of aromatic hydroxyl groups is 1. The molecule has 0 bridgehead atoms. The predicted molar refractivity (Wildman–Crippen MR) is 81.7 cm³/mol. The van der Waals surface area contributed by atoms with Gasteiger partial charge in [0.05, 0.1) is 12.1 Å². The van der Waals surface area contributed by atoms with Crippen molar-refractivity contribution < 1.29 is 14.6 Å². The van der Waals surface area contributed by atoms with Crippen LogP contribution in [-0.2, 0) is 0 Å². The van der Waals surface area contributed by atoms with Gasteiger partial charge in [-0.1, -0.05) is 29.8 Å². The highest BCUT2D eigenvalue weighted by Gasteiger charge is 2.15. The normalized spacial score (nSPS) is 10.2. The maximum Gasteiger partial charge on any atom is 0.257 e. The summed E-state index contributed by atoms with van der Waals surface area (Å²) in [7, 11) is 1.69. The minimum atomic E-state index is -0.215. The molecular formula is C17H19NO3. The molecule has 0 radical (unpaired) electrons. The molecule has 1 amide bonds. The largest absolute Gasteiger partial charge is 0.507 e. The summed E-state index contributed by atoms with van der Waals surface area (Å²) >= 11 is 0. The highest BCUT2D eigenvalue weighted by Crippen LogP contribution is 2.19. The molecule has 0 aliphatic heterocycles. The van der Waals surface area contributed by atoms with Gasteiger partial charge in [-0.05, 0) is 31.2 Å². The summed E-state index contributed by atoms with van der Waals surface area (Å²) < 4.78 is 5.56. The van der Waals surface area contributed by atoms with Crippen molar-refractivity contribution in [3.05, 3.63) is 59.7 Å². The van der Waals surface area contributed by atoms with Gasteiger partial charge < -0.3 is 14.7 Å². The molecule has 0 aromatic heterocycles. The number of phenolic OH excluding ortho intramolecular Hbond substituents is 1.